The van der Waals surface area contributed by atoms with Crippen molar-refractivity contribution in [1.82, 2.24) is 19.5 Å². The Morgan fingerprint density at radius 3 is 2.56 bits per heavy atom. The van der Waals surface area contributed by atoms with E-state index in [9.17, 15) is 14.4 Å². The number of H-pyrrole nitrogens is 2. The van der Waals surface area contributed by atoms with Gasteiger partial charge in [-0.3, -0.25) is 14.8 Å². The van der Waals surface area contributed by atoms with E-state index >= 15 is 0 Å². The summed E-state index contributed by atoms with van der Waals surface area (Å²) in [7, 11) is 0. The van der Waals surface area contributed by atoms with E-state index in [0.717, 1.165) is 36.0 Å². The van der Waals surface area contributed by atoms with Gasteiger partial charge in [0.05, 0.1) is 0 Å². The summed E-state index contributed by atoms with van der Waals surface area (Å²) >= 11 is 0. The molecule has 1 fully saturated rings. The second kappa shape index (κ2) is 9.80. The van der Waals surface area contributed by atoms with Gasteiger partial charge in [0.25, 0.3) is 5.56 Å². The van der Waals surface area contributed by atoms with Crippen molar-refractivity contribution in [3.63, 3.8) is 0 Å². The Kier molecular flexibility index (Phi) is 6.68. The number of nitrogens with one attached hydrogen (secondary N) is 2. The van der Waals surface area contributed by atoms with Gasteiger partial charge in [-0.05, 0) is 24.0 Å². The molecule has 0 aliphatic heterocycles. The molecule has 2 aromatic heterocycles. The number of aryl methyl sites for hydroxylation is 1. The van der Waals surface area contributed by atoms with Crippen LogP contribution in [-0.2, 0) is 11.3 Å². The van der Waals surface area contributed by atoms with Crippen molar-refractivity contribution >= 4 is 23.2 Å². The van der Waals surface area contributed by atoms with Crippen molar-refractivity contribution in [3.8, 4) is 11.4 Å². The van der Waals surface area contributed by atoms with Gasteiger partial charge in [-0.1, -0.05) is 69.2 Å². The molecule has 4 rings (SSSR count). The van der Waals surface area contributed by atoms with Crippen molar-refractivity contribution in [2.45, 2.75) is 57.9 Å². The average Bonchev–Trinajstić information content (AvgIpc) is 3.15. The Morgan fingerprint density at radius 2 is 1.84 bits per heavy atom. The molecule has 0 saturated heterocycles. The molecule has 8 nitrogen and oxygen atoms in total. The number of carboxylic acids is 1. The number of carbonyl (C=O) groups is 1. The Morgan fingerprint density at radius 1 is 1.09 bits per heavy atom. The van der Waals surface area contributed by atoms with Crippen molar-refractivity contribution in [1.29, 1.82) is 0 Å². The molecule has 168 valence electrons. The fourth-order valence-electron chi connectivity index (χ4n) is 4.57. The lowest BCUT2D eigenvalue weighted by Gasteiger charge is -2.21. The number of fused-ring (bicyclic) bond motifs is 1. The van der Waals surface area contributed by atoms with E-state index < -0.39 is 17.2 Å². The van der Waals surface area contributed by atoms with E-state index in [1.165, 1.54) is 44.6 Å². The maximum absolute atomic E-state index is 12.3. The SMILES string of the molecule is O=C(O)C=Cc1ccc(-c2nc3c(=O)[nH]c(=O)[nH]c3n2CCCCC2CCCCC2)cc1. The summed E-state index contributed by atoms with van der Waals surface area (Å²) in [5.74, 6) is 0.419. The maximum atomic E-state index is 12.3. The molecule has 32 heavy (non-hydrogen) atoms. The second-order valence-corrected chi connectivity index (χ2v) is 8.49. The quantitative estimate of drug-likeness (QED) is 0.365. The highest BCUT2D eigenvalue weighted by atomic mass is 16.4. The number of benzene rings is 1. The predicted molar refractivity (Wildman–Crippen MR) is 124 cm³/mol. The highest BCUT2D eigenvalue weighted by Gasteiger charge is 2.17. The van der Waals surface area contributed by atoms with Crippen LogP contribution >= 0.6 is 0 Å². The first-order valence-electron chi connectivity index (χ1n) is 11.3. The molecule has 1 aliphatic carbocycles. The Bertz CT molecular complexity index is 1230. The molecule has 0 radical (unpaired) electrons. The predicted octanol–water partition coefficient (Wildman–Crippen LogP) is 3.93. The number of imidazole rings is 1. The Balaban J connectivity index is 1.59. The minimum Gasteiger partial charge on any atom is -0.478 e. The van der Waals surface area contributed by atoms with Crippen molar-refractivity contribution in [3.05, 3.63) is 56.7 Å². The van der Waals surface area contributed by atoms with Crippen LogP contribution in [-0.4, -0.2) is 30.6 Å². The normalized spacial score (nSPS) is 15.0. The number of nitrogens with zero attached hydrogens (tertiary/aromatic N) is 2. The summed E-state index contributed by atoms with van der Waals surface area (Å²) in [6.07, 6.45) is 12.5. The van der Waals surface area contributed by atoms with Gasteiger partial charge in [-0.2, -0.15) is 0 Å². The zero-order valence-corrected chi connectivity index (χ0v) is 18.0. The van der Waals surface area contributed by atoms with E-state index in [1.54, 1.807) is 12.1 Å². The van der Waals surface area contributed by atoms with Crippen LogP contribution in [0.25, 0.3) is 28.6 Å². The Hall–Kier alpha value is -3.42. The van der Waals surface area contributed by atoms with Gasteiger partial charge < -0.3 is 9.67 Å². The van der Waals surface area contributed by atoms with Gasteiger partial charge in [-0.15, -0.1) is 0 Å². The number of aliphatic carboxylic acids is 1. The van der Waals surface area contributed by atoms with Crippen molar-refractivity contribution in [2.75, 3.05) is 0 Å². The number of carboxylic acid groups (broad SMARTS) is 1. The van der Waals surface area contributed by atoms with Crippen LogP contribution in [0.2, 0.25) is 0 Å². The number of rotatable bonds is 8. The molecule has 0 atom stereocenters. The zero-order valence-electron chi connectivity index (χ0n) is 18.0. The summed E-state index contributed by atoms with van der Waals surface area (Å²) in [5.41, 5.74) is 1.13. The molecule has 8 heteroatoms. The first-order valence-corrected chi connectivity index (χ1v) is 11.3. The van der Waals surface area contributed by atoms with Gasteiger partial charge in [-0.25, -0.2) is 14.6 Å². The molecular formula is C24H28N4O4. The molecule has 0 unspecified atom stereocenters. The number of aromatic nitrogens is 4. The third-order valence-corrected chi connectivity index (χ3v) is 6.20. The Labute approximate surface area is 185 Å². The summed E-state index contributed by atoms with van der Waals surface area (Å²) in [4.78, 5) is 44.5. The van der Waals surface area contributed by atoms with E-state index in [2.05, 4.69) is 15.0 Å². The fourth-order valence-corrected chi connectivity index (χ4v) is 4.57. The first-order chi connectivity index (χ1) is 15.5. The van der Waals surface area contributed by atoms with Crippen LogP contribution in [0.4, 0.5) is 0 Å². The van der Waals surface area contributed by atoms with Crippen LogP contribution in [0.5, 0.6) is 0 Å². The lowest BCUT2D eigenvalue weighted by molar-refractivity contribution is -0.131. The van der Waals surface area contributed by atoms with E-state index in [1.807, 2.05) is 16.7 Å². The molecule has 3 N–H and O–H groups in total. The summed E-state index contributed by atoms with van der Waals surface area (Å²) in [5, 5.41) is 8.80. The summed E-state index contributed by atoms with van der Waals surface area (Å²) in [6, 6.07) is 7.28. The lowest BCUT2D eigenvalue weighted by Crippen LogP contribution is -2.22. The molecule has 1 aliphatic rings. The molecule has 0 spiro atoms. The molecule has 0 bridgehead atoms. The third-order valence-electron chi connectivity index (χ3n) is 6.20. The van der Waals surface area contributed by atoms with Crippen LogP contribution in [0.1, 0.15) is 56.9 Å². The molecule has 2 heterocycles. The maximum Gasteiger partial charge on any atom is 0.328 e. The van der Waals surface area contributed by atoms with Gasteiger partial charge >= 0.3 is 11.7 Å². The minimum absolute atomic E-state index is 0.210. The average molecular weight is 437 g/mol. The number of hydrogen-bond acceptors (Lipinski definition) is 4. The van der Waals surface area contributed by atoms with E-state index in [4.69, 9.17) is 5.11 Å². The number of hydrogen-bond donors (Lipinski definition) is 3. The number of aromatic amines is 2. The lowest BCUT2D eigenvalue weighted by atomic mass is 9.86. The minimum atomic E-state index is -1.01. The van der Waals surface area contributed by atoms with Crippen LogP contribution in [0.15, 0.2) is 39.9 Å². The van der Waals surface area contributed by atoms with Crippen LogP contribution < -0.4 is 11.2 Å². The second-order valence-electron chi connectivity index (χ2n) is 8.49. The van der Waals surface area contributed by atoms with Gasteiger partial charge in [0, 0.05) is 18.2 Å². The fraction of sp³-hybridized carbons (Fsp3) is 0.417. The standard InChI is InChI=1S/C24H28N4O4/c29-19(30)14-11-17-9-12-18(13-10-17)21-25-20-22(26-24(32)27-23(20)31)28(21)15-5-4-8-16-6-2-1-3-7-16/h9-14,16H,1-8,15H2,(H,29,30)(H2,26,27,31,32). The van der Waals surface area contributed by atoms with Gasteiger partial charge in [0.1, 0.15) is 11.5 Å². The zero-order chi connectivity index (χ0) is 22.5. The highest BCUT2D eigenvalue weighted by Crippen LogP contribution is 2.28. The van der Waals surface area contributed by atoms with E-state index in [0.29, 0.717) is 18.0 Å². The van der Waals surface area contributed by atoms with Gasteiger partial charge in [0.15, 0.2) is 5.52 Å². The summed E-state index contributed by atoms with van der Waals surface area (Å²) < 4.78 is 1.91. The molecule has 0 amide bonds. The highest BCUT2D eigenvalue weighted by molar-refractivity contribution is 5.85. The number of unbranched alkanes of at least 4 members (excludes halogenated alkanes) is 1. The van der Waals surface area contributed by atoms with Gasteiger partial charge in [0.2, 0.25) is 0 Å². The van der Waals surface area contributed by atoms with E-state index in [-0.39, 0.29) is 5.52 Å². The summed E-state index contributed by atoms with van der Waals surface area (Å²) in [6.45, 7) is 0.651. The van der Waals surface area contributed by atoms with Crippen LogP contribution in [0, 0.1) is 5.92 Å². The topological polar surface area (TPSA) is 121 Å². The molecule has 1 aromatic carbocycles. The monoisotopic (exact) mass is 436 g/mol. The first kappa shape index (κ1) is 21.8. The molecular weight excluding hydrogens is 408 g/mol. The molecule has 3 aromatic rings. The van der Waals surface area contributed by atoms with Crippen molar-refractivity contribution < 1.29 is 9.90 Å². The smallest absolute Gasteiger partial charge is 0.328 e. The third kappa shape index (κ3) is 5.07. The van der Waals surface area contributed by atoms with Crippen LogP contribution in [0.3, 0.4) is 0 Å². The van der Waals surface area contributed by atoms with Crippen molar-refractivity contribution in [2.24, 2.45) is 5.92 Å². The largest absolute Gasteiger partial charge is 0.478 e. The molecule has 1 saturated carbocycles.